The van der Waals surface area contributed by atoms with E-state index in [1.807, 2.05) is 0 Å². The zero-order chi connectivity index (χ0) is 19.6. The van der Waals surface area contributed by atoms with Crippen LogP contribution < -0.4 is 4.80 Å². The van der Waals surface area contributed by atoms with Crippen molar-refractivity contribution in [3.05, 3.63) is 62.6 Å². The van der Waals surface area contributed by atoms with Crippen LogP contribution in [0.3, 0.4) is 0 Å². The Labute approximate surface area is 167 Å². The molecule has 0 fully saturated rings. The van der Waals surface area contributed by atoms with Crippen LogP contribution in [-0.4, -0.2) is 23.1 Å². The molecule has 0 spiro atoms. The number of halogens is 3. The summed E-state index contributed by atoms with van der Waals surface area (Å²) in [5, 5.41) is 0.710. The highest BCUT2D eigenvalue weighted by molar-refractivity contribution is 7.16. The predicted molar refractivity (Wildman–Crippen MR) is 103 cm³/mol. The Kier molecular flexibility index (Phi) is 5.94. The first-order valence-electron chi connectivity index (χ1n) is 7.88. The number of fused-ring (bicyclic) bond motifs is 1. The van der Waals surface area contributed by atoms with E-state index in [-0.39, 0.29) is 23.5 Å². The number of amides is 1. The van der Waals surface area contributed by atoms with Crippen LogP contribution in [0.15, 0.2) is 41.4 Å². The van der Waals surface area contributed by atoms with E-state index >= 15 is 0 Å². The maximum atomic E-state index is 13.9. The Bertz CT molecular complexity index is 1110. The van der Waals surface area contributed by atoms with Crippen molar-refractivity contribution in [2.45, 2.75) is 13.5 Å². The molecule has 1 amide bonds. The number of ether oxygens (including phenoxy) is 1. The normalized spacial score (nSPS) is 11.8. The molecule has 0 radical (unpaired) electrons. The minimum atomic E-state index is -0.764. The van der Waals surface area contributed by atoms with Crippen LogP contribution in [0.4, 0.5) is 4.39 Å². The molecule has 0 atom stereocenters. The molecule has 0 aliphatic heterocycles. The van der Waals surface area contributed by atoms with Gasteiger partial charge in [0, 0.05) is 5.02 Å². The molecule has 0 saturated heterocycles. The Morgan fingerprint density at radius 1 is 1.26 bits per heavy atom. The Morgan fingerprint density at radius 2 is 2.00 bits per heavy atom. The van der Waals surface area contributed by atoms with Gasteiger partial charge in [-0.3, -0.25) is 9.59 Å². The summed E-state index contributed by atoms with van der Waals surface area (Å²) in [5.41, 5.74) is 0.334. The fraction of sp³-hybridized carbons (Fsp3) is 0.167. The van der Waals surface area contributed by atoms with Gasteiger partial charge in [0.25, 0.3) is 5.91 Å². The molecular weight excluding hydrogens is 414 g/mol. The van der Waals surface area contributed by atoms with Crippen molar-refractivity contribution in [2.75, 3.05) is 6.61 Å². The van der Waals surface area contributed by atoms with Gasteiger partial charge in [-0.25, -0.2) is 4.39 Å². The summed E-state index contributed by atoms with van der Waals surface area (Å²) >= 11 is 13.4. The lowest BCUT2D eigenvalue weighted by atomic mass is 10.2. The zero-order valence-electron chi connectivity index (χ0n) is 14.0. The van der Waals surface area contributed by atoms with Crippen LogP contribution in [0.5, 0.6) is 0 Å². The van der Waals surface area contributed by atoms with Crippen LogP contribution in [0.25, 0.3) is 10.2 Å². The molecule has 1 heterocycles. The highest BCUT2D eigenvalue weighted by Crippen LogP contribution is 2.29. The maximum absolute atomic E-state index is 13.9. The van der Waals surface area contributed by atoms with E-state index in [0.29, 0.717) is 20.3 Å². The summed E-state index contributed by atoms with van der Waals surface area (Å²) < 4.78 is 21.0. The molecule has 1 aromatic heterocycles. The SMILES string of the molecule is CCOC(=O)Cn1c(=NC(=O)c2ccccc2F)sc2cc(Cl)cc(Cl)c21. The third-order valence-corrected chi connectivity index (χ3v) is 5.12. The number of benzene rings is 2. The van der Waals surface area contributed by atoms with Crippen molar-refractivity contribution >= 4 is 56.6 Å². The van der Waals surface area contributed by atoms with Gasteiger partial charge in [-0.15, -0.1) is 0 Å². The van der Waals surface area contributed by atoms with E-state index < -0.39 is 17.7 Å². The quantitative estimate of drug-likeness (QED) is 0.578. The molecule has 9 heteroatoms. The zero-order valence-corrected chi connectivity index (χ0v) is 16.4. The number of rotatable bonds is 4. The van der Waals surface area contributed by atoms with Crippen molar-refractivity contribution < 1.29 is 18.7 Å². The van der Waals surface area contributed by atoms with Gasteiger partial charge in [0.2, 0.25) is 0 Å². The lowest BCUT2D eigenvalue weighted by molar-refractivity contribution is -0.143. The second-order valence-electron chi connectivity index (χ2n) is 5.41. The van der Waals surface area contributed by atoms with Gasteiger partial charge in [0.1, 0.15) is 12.4 Å². The molecule has 3 rings (SSSR count). The minimum absolute atomic E-state index is 0.165. The average molecular weight is 427 g/mol. The van der Waals surface area contributed by atoms with Gasteiger partial charge >= 0.3 is 5.97 Å². The average Bonchev–Trinajstić information content (AvgIpc) is 2.92. The third-order valence-electron chi connectivity index (χ3n) is 3.59. The van der Waals surface area contributed by atoms with Crippen LogP contribution >= 0.6 is 34.5 Å². The molecule has 3 aromatic rings. The van der Waals surface area contributed by atoms with Crippen molar-refractivity contribution in [1.29, 1.82) is 0 Å². The number of hydrogen-bond acceptors (Lipinski definition) is 4. The molecule has 0 aliphatic rings. The minimum Gasteiger partial charge on any atom is -0.465 e. The summed E-state index contributed by atoms with van der Waals surface area (Å²) in [6.07, 6.45) is 0. The number of nitrogens with zero attached hydrogens (tertiary/aromatic N) is 2. The van der Waals surface area contributed by atoms with E-state index in [9.17, 15) is 14.0 Å². The van der Waals surface area contributed by atoms with E-state index in [1.165, 1.54) is 28.8 Å². The number of esters is 1. The summed E-state index contributed by atoms with van der Waals surface area (Å²) in [7, 11) is 0. The van der Waals surface area contributed by atoms with Crippen molar-refractivity contribution in [3.63, 3.8) is 0 Å². The molecular formula is C18H13Cl2FN2O3S. The van der Waals surface area contributed by atoms with Gasteiger partial charge < -0.3 is 9.30 Å². The molecule has 140 valence electrons. The largest absolute Gasteiger partial charge is 0.465 e. The van der Waals surface area contributed by atoms with Crippen LogP contribution in [0.1, 0.15) is 17.3 Å². The molecule has 5 nitrogen and oxygen atoms in total. The van der Waals surface area contributed by atoms with Gasteiger partial charge in [-0.1, -0.05) is 46.7 Å². The lowest BCUT2D eigenvalue weighted by Crippen LogP contribution is -2.23. The fourth-order valence-electron chi connectivity index (χ4n) is 2.48. The highest BCUT2D eigenvalue weighted by Gasteiger charge is 2.17. The van der Waals surface area contributed by atoms with Gasteiger partial charge in [0.05, 0.1) is 27.4 Å². The molecule has 27 heavy (non-hydrogen) atoms. The van der Waals surface area contributed by atoms with E-state index in [0.717, 1.165) is 11.3 Å². The Balaban J connectivity index is 2.19. The predicted octanol–water partition coefficient (Wildman–Crippen LogP) is 4.45. The number of carbonyl (C=O) groups excluding carboxylic acids is 2. The first kappa shape index (κ1) is 19.5. The fourth-order valence-corrected chi connectivity index (χ4v) is 4.29. The number of thiazole rings is 1. The third kappa shape index (κ3) is 4.21. The lowest BCUT2D eigenvalue weighted by Gasteiger charge is -2.06. The summed E-state index contributed by atoms with van der Waals surface area (Å²) in [6, 6.07) is 8.73. The van der Waals surface area contributed by atoms with Gasteiger partial charge in [-0.05, 0) is 31.2 Å². The molecule has 0 bridgehead atoms. The van der Waals surface area contributed by atoms with Crippen LogP contribution in [-0.2, 0) is 16.1 Å². The summed E-state index contributed by atoms with van der Waals surface area (Å²) in [6.45, 7) is 1.70. The Morgan fingerprint density at radius 3 is 2.70 bits per heavy atom. The maximum Gasteiger partial charge on any atom is 0.326 e. The molecule has 2 aromatic carbocycles. The highest BCUT2D eigenvalue weighted by atomic mass is 35.5. The molecule has 0 N–H and O–H groups in total. The van der Waals surface area contributed by atoms with Crippen molar-refractivity contribution in [1.82, 2.24) is 4.57 Å². The van der Waals surface area contributed by atoms with Crippen LogP contribution in [0.2, 0.25) is 10.0 Å². The molecule has 0 saturated carbocycles. The van der Waals surface area contributed by atoms with Crippen LogP contribution in [0, 0.1) is 5.82 Å². The second-order valence-corrected chi connectivity index (χ2v) is 7.26. The van der Waals surface area contributed by atoms with E-state index in [4.69, 9.17) is 27.9 Å². The first-order valence-corrected chi connectivity index (χ1v) is 9.45. The monoisotopic (exact) mass is 426 g/mol. The Hall–Kier alpha value is -2.22. The number of hydrogen-bond donors (Lipinski definition) is 0. The summed E-state index contributed by atoms with van der Waals surface area (Å²) in [5.74, 6) is -1.95. The van der Waals surface area contributed by atoms with Gasteiger partial charge in [-0.2, -0.15) is 4.99 Å². The smallest absolute Gasteiger partial charge is 0.326 e. The number of carbonyl (C=O) groups is 2. The summed E-state index contributed by atoms with van der Waals surface area (Å²) in [4.78, 5) is 28.6. The second kappa shape index (κ2) is 8.21. The number of aromatic nitrogens is 1. The van der Waals surface area contributed by atoms with Crippen molar-refractivity contribution in [2.24, 2.45) is 4.99 Å². The van der Waals surface area contributed by atoms with Crippen molar-refractivity contribution in [3.8, 4) is 0 Å². The standard InChI is InChI=1S/C18H13Cl2FN2O3S/c1-2-26-15(24)9-23-16-12(20)7-10(19)8-14(16)27-18(23)22-17(25)11-5-3-4-6-13(11)21/h3-8H,2,9H2,1H3. The van der Waals surface area contributed by atoms with E-state index in [2.05, 4.69) is 4.99 Å². The first-order chi connectivity index (χ1) is 12.9. The molecule has 0 aliphatic carbocycles. The van der Waals surface area contributed by atoms with E-state index in [1.54, 1.807) is 19.1 Å². The molecule has 0 unspecified atom stereocenters. The topological polar surface area (TPSA) is 60.7 Å². The van der Waals surface area contributed by atoms with Gasteiger partial charge in [0.15, 0.2) is 4.80 Å².